The molecule has 3 heterocycles. The number of aromatic amines is 1. The van der Waals surface area contributed by atoms with Crippen LogP contribution >= 0.6 is 0 Å². The third kappa shape index (κ3) is 3.09. The van der Waals surface area contributed by atoms with Crippen LogP contribution in [-0.2, 0) is 27.8 Å². The summed E-state index contributed by atoms with van der Waals surface area (Å²) in [6.45, 7) is 4.36. The van der Waals surface area contributed by atoms with E-state index in [1.54, 1.807) is 12.5 Å². The van der Waals surface area contributed by atoms with Crippen molar-refractivity contribution in [1.29, 1.82) is 0 Å². The Morgan fingerprint density at radius 1 is 1.35 bits per heavy atom. The van der Waals surface area contributed by atoms with E-state index >= 15 is 0 Å². The van der Waals surface area contributed by atoms with Gasteiger partial charge in [-0.1, -0.05) is 6.07 Å². The molecule has 4 saturated carbocycles. The molecule has 1 aromatic heterocycles. The number of ether oxygens (including phenoxy) is 2. The maximum atomic E-state index is 13.3. The molecular formula is C31H41N5O4. The van der Waals surface area contributed by atoms with Crippen molar-refractivity contribution in [3.63, 3.8) is 0 Å². The molecule has 5 fully saturated rings. The van der Waals surface area contributed by atoms with Crippen LogP contribution in [0.2, 0.25) is 0 Å². The molecule has 0 radical (unpaired) electrons. The molecule has 5 N–H and O–H groups in total. The molecule has 2 aliphatic heterocycles. The minimum absolute atomic E-state index is 0.0127. The SMILES string of the molecule is COC12CCC3(CC1C(C)NC(=O)C(N)Cc1cnc[nH]1)C1Cc4ccc(O)c5c4C3(CCN1CC1CC1)C2O5. The van der Waals surface area contributed by atoms with E-state index in [0.717, 1.165) is 50.3 Å². The van der Waals surface area contributed by atoms with Gasteiger partial charge in [0.15, 0.2) is 11.5 Å². The number of phenols is 1. The number of nitrogens with zero attached hydrogens (tertiary/aromatic N) is 2. The number of phenolic OH excluding ortho intramolecular Hbond substituents is 1. The van der Waals surface area contributed by atoms with Crippen LogP contribution in [0.1, 0.15) is 62.3 Å². The summed E-state index contributed by atoms with van der Waals surface area (Å²) >= 11 is 0. The standard InChI is InChI=1S/C31H41N5O4/c1-17(35-27(38)22(32)12-20-14-33-16-34-20)21-13-29-7-8-31(21,39-2)28-30(29)9-10-36(15-18-3-4-18)24(29)11-19-5-6-23(37)26(40-28)25(19)30/h5-6,14,16-18,21-22,24,28,37H,3-4,7-13,15,32H2,1-2H3,(H,33,34)(H,35,38). The number of aromatic hydroxyl groups is 1. The molecule has 5 aliphatic carbocycles. The average Bonchev–Trinajstić information content (AvgIpc) is 3.47. The van der Waals surface area contributed by atoms with Crippen molar-refractivity contribution < 1.29 is 19.4 Å². The zero-order chi connectivity index (χ0) is 27.4. The van der Waals surface area contributed by atoms with Crippen molar-refractivity contribution in [2.45, 2.75) is 93.5 Å². The molecule has 9 rings (SSSR count). The largest absolute Gasteiger partial charge is 0.504 e. The molecule has 1 saturated heterocycles. The van der Waals surface area contributed by atoms with Gasteiger partial charge < -0.3 is 30.6 Å². The van der Waals surface area contributed by atoms with Gasteiger partial charge in [-0.15, -0.1) is 0 Å². The fourth-order valence-corrected chi connectivity index (χ4v) is 10.2. The quantitative estimate of drug-likeness (QED) is 0.400. The predicted octanol–water partition coefficient (Wildman–Crippen LogP) is 2.41. The van der Waals surface area contributed by atoms with Gasteiger partial charge in [0.1, 0.15) is 11.7 Å². The van der Waals surface area contributed by atoms with Gasteiger partial charge in [0.05, 0.1) is 12.4 Å². The van der Waals surface area contributed by atoms with Gasteiger partial charge in [-0.2, -0.15) is 0 Å². The van der Waals surface area contributed by atoms with E-state index < -0.39 is 11.6 Å². The van der Waals surface area contributed by atoms with Crippen molar-refractivity contribution in [3.05, 3.63) is 41.5 Å². The summed E-state index contributed by atoms with van der Waals surface area (Å²) in [6, 6.07) is 3.59. The first kappa shape index (κ1) is 25.1. The number of nitrogens with one attached hydrogen (secondary N) is 2. The maximum Gasteiger partial charge on any atom is 0.237 e. The monoisotopic (exact) mass is 547 g/mol. The fourth-order valence-electron chi connectivity index (χ4n) is 10.2. The van der Waals surface area contributed by atoms with Gasteiger partial charge in [-0.25, -0.2) is 4.98 Å². The third-order valence-corrected chi connectivity index (χ3v) is 12.0. The minimum Gasteiger partial charge on any atom is -0.504 e. The van der Waals surface area contributed by atoms with Gasteiger partial charge in [-0.05, 0) is 76.0 Å². The van der Waals surface area contributed by atoms with Crippen molar-refractivity contribution in [3.8, 4) is 11.5 Å². The van der Waals surface area contributed by atoms with Crippen molar-refractivity contribution in [2.75, 3.05) is 20.2 Å². The Labute approximate surface area is 235 Å². The maximum absolute atomic E-state index is 13.3. The van der Waals surface area contributed by atoms with Crippen LogP contribution in [0.5, 0.6) is 11.5 Å². The Morgan fingerprint density at radius 3 is 2.95 bits per heavy atom. The van der Waals surface area contributed by atoms with E-state index in [0.29, 0.717) is 18.2 Å². The lowest BCUT2D eigenvalue weighted by molar-refractivity contribution is -0.280. The second-order valence-corrected chi connectivity index (χ2v) is 13.6. The summed E-state index contributed by atoms with van der Waals surface area (Å²) in [4.78, 5) is 23.2. The highest BCUT2D eigenvalue weighted by atomic mass is 16.6. The molecule has 1 amide bonds. The number of nitrogens with two attached hydrogens (primary N) is 1. The molecule has 4 bridgehead atoms. The van der Waals surface area contributed by atoms with E-state index in [1.807, 2.05) is 13.2 Å². The number of fused-ring (bicyclic) bond motifs is 2. The van der Waals surface area contributed by atoms with E-state index in [-0.39, 0.29) is 40.6 Å². The fraction of sp³-hybridized carbons (Fsp3) is 0.677. The second-order valence-electron chi connectivity index (χ2n) is 13.6. The number of rotatable bonds is 8. The summed E-state index contributed by atoms with van der Waals surface area (Å²) in [5.41, 5.74) is 9.06. The number of piperidine rings is 1. The zero-order valence-corrected chi connectivity index (χ0v) is 23.5. The van der Waals surface area contributed by atoms with Gasteiger partial charge in [0.25, 0.3) is 0 Å². The summed E-state index contributed by atoms with van der Waals surface area (Å²) in [5.74, 6) is 1.66. The Morgan fingerprint density at radius 2 is 2.20 bits per heavy atom. The number of hydrogen-bond donors (Lipinski definition) is 4. The molecule has 9 nitrogen and oxygen atoms in total. The van der Waals surface area contributed by atoms with Crippen molar-refractivity contribution >= 4 is 5.91 Å². The number of carbonyl (C=O) groups is 1. The highest BCUT2D eigenvalue weighted by molar-refractivity contribution is 5.82. The Hall–Kier alpha value is -2.62. The zero-order valence-electron chi connectivity index (χ0n) is 23.5. The van der Waals surface area contributed by atoms with Crippen LogP contribution in [0.3, 0.4) is 0 Å². The van der Waals surface area contributed by atoms with Gasteiger partial charge in [-0.3, -0.25) is 9.69 Å². The lowest BCUT2D eigenvalue weighted by Gasteiger charge is -2.74. The van der Waals surface area contributed by atoms with Gasteiger partial charge in [0.2, 0.25) is 5.91 Å². The number of benzene rings is 1. The highest BCUT2D eigenvalue weighted by Gasteiger charge is 2.81. The average molecular weight is 548 g/mol. The predicted molar refractivity (Wildman–Crippen MR) is 148 cm³/mol. The summed E-state index contributed by atoms with van der Waals surface area (Å²) in [5, 5.41) is 14.3. The molecule has 7 aliphatic rings. The third-order valence-electron chi connectivity index (χ3n) is 12.0. The molecular weight excluding hydrogens is 506 g/mol. The normalized spacial score (nSPS) is 38.4. The van der Waals surface area contributed by atoms with E-state index in [2.05, 4.69) is 33.2 Å². The van der Waals surface area contributed by atoms with E-state index in [1.165, 1.54) is 30.5 Å². The summed E-state index contributed by atoms with van der Waals surface area (Å²) in [7, 11) is 1.82. The Balaban J connectivity index is 1.18. The summed E-state index contributed by atoms with van der Waals surface area (Å²) < 4.78 is 13.5. The number of H-pyrrole nitrogens is 1. The molecule has 2 aromatic rings. The number of amides is 1. The molecule has 214 valence electrons. The van der Waals surface area contributed by atoms with Gasteiger partial charge in [0, 0.05) is 66.4 Å². The number of methoxy groups -OCH3 is 1. The summed E-state index contributed by atoms with van der Waals surface area (Å²) in [6.07, 6.45) is 11.2. The molecule has 8 unspecified atom stereocenters. The van der Waals surface area contributed by atoms with Crippen molar-refractivity contribution in [2.24, 2.45) is 23.0 Å². The minimum atomic E-state index is -0.665. The van der Waals surface area contributed by atoms with Crippen LogP contribution in [0.15, 0.2) is 24.7 Å². The first-order valence-corrected chi connectivity index (χ1v) is 15.2. The topological polar surface area (TPSA) is 126 Å². The van der Waals surface area contributed by atoms with Crippen LogP contribution in [0.25, 0.3) is 0 Å². The van der Waals surface area contributed by atoms with Crippen LogP contribution in [-0.4, -0.2) is 75.9 Å². The van der Waals surface area contributed by atoms with Crippen LogP contribution in [0, 0.1) is 17.3 Å². The van der Waals surface area contributed by atoms with E-state index in [9.17, 15) is 9.90 Å². The number of aromatic nitrogens is 2. The van der Waals surface area contributed by atoms with Crippen molar-refractivity contribution in [1.82, 2.24) is 20.2 Å². The lowest BCUT2D eigenvalue weighted by Crippen LogP contribution is -2.82. The molecule has 1 aromatic carbocycles. The van der Waals surface area contributed by atoms with Crippen LogP contribution < -0.4 is 15.8 Å². The van der Waals surface area contributed by atoms with Gasteiger partial charge >= 0.3 is 0 Å². The number of likely N-dealkylation sites (tertiary alicyclic amines) is 1. The Kier molecular flexibility index (Phi) is 5.31. The lowest BCUT2D eigenvalue weighted by atomic mass is 9.34. The number of carbonyl (C=O) groups excluding carboxylic acids is 1. The molecule has 8 atom stereocenters. The molecule has 2 spiro atoms. The number of hydrogen-bond acceptors (Lipinski definition) is 7. The first-order chi connectivity index (χ1) is 19.3. The van der Waals surface area contributed by atoms with Crippen LogP contribution in [0.4, 0.5) is 0 Å². The number of imidazole rings is 1. The second kappa shape index (κ2) is 8.46. The Bertz CT molecular complexity index is 1350. The molecule has 9 heteroatoms. The van der Waals surface area contributed by atoms with E-state index in [4.69, 9.17) is 15.2 Å². The highest BCUT2D eigenvalue weighted by Crippen LogP contribution is 2.77. The smallest absolute Gasteiger partial charge is 0.237 e. The first-order valence-electron chi connectivity index (χ1n) is 15.2. The molecule has 40 heavy (non-hydrogen) atoms.